The van der Waals surface area contributed by atoms with E-state index in [4.69, 9.17) is 22.0 Å². The number of benzene rings is 1. The number of aliphatic hydroxyl groups is 1. The number of hydrogen-bond acceptors (Lipinski definition) is 4. The predicted molar refractivity (Wildman–Crippen MR) is 74.0 cm³/mol. The number of nitrogens with zero attached hydrogens (tertiary/aromatic N) is 2. The van der Waals surface area contributed by atoms with Crippen LogP contribution in [-0.4, -0.2) is 42.2 Å². The van der Waals surface area contributed by atoms with Gasteiger partial charge < -0.3 is 10.4 Å². The third-order valence-corrected chi connectivity index (χ3v) is 2.92. The molecule has 0 heterocycles. The monoisotopic (exact) mass is 281 g/mol. The summed E-state index contributed by atoms with van der Waals surface area (Å²) in [6, 6.07) is 6.68. The average molecular weight is 282 g/mol. The molecule has 1 aromatic rings. The zero-order valence-corrected chi connectivity index (χ0v) is 11.4. The fourth-order valence-electron chi connectivity index (χ4n) is 1.58. The molecule has 0 fully saturated rings. The summed E-state index contributed by atoms with van der Waals surface area (Å²) in [5.74, 6) is -0.184. The second-order valence-corrected chi connectivity index (χ2v) is 4.35. The molecule has 0 aliphatic rings. The van der Waals surface area contributed by atoms with Crippen molar-refractivity contribution in [1.29, 1.82) is 5.26 Å². The summed E-state index contributed by atoms with van der Waals surface area (Å²) >= 11 is 5.88. The molecule has 6 heteroatoms. The molecule has 1 rings (SSSR count). The molecule has 2 N–H and O–H groups in total. The van der Waals surface area contributed by atoms with E-state index in [1.54, 1.807) is 18.2 Å². The van der Waals surface area contributed by atoms with Crippen molar-refractivity contribution < 1.29 is 9.90 Å². The van der Waals surface area contributed by atoms with Gasteiger partial charge in [0.05, 0.1) is 23.7 Å². The van der Waals surface area contributed by atoms with Gasteiger partial charge in [-0.15, -0.1) is 0 Å². The first kappa shape index (κ1) is 15.4. The number of nitrogens with one attached hydrogen (secondary N) is 1. The maximum absolute atomic E-state index is 11.8. The Morgan fingerprint density at radius 3 is 2.84 bits per heavy atom. The molecule has 102 valence electrons. The Kier molecular flexibility index (Phi) is 6.30. The van der Waals surface area contributed by atoms with Crippen LogP contribution in [0.15, 0.2) is 18.2 Å². The Hall–Kier alpha value is -1.61. The molecule has 0 spiro atoms. The predicted octanol–water partition coefficient (Wildman–Crippen LogP) is 1.46. The summed E-state index contributed by atoms with van der Waals surface area (Å²) < 4.78 is 0. The van der Waals surface area contributed by atoms with E-state index in [1.165, 1.54) is 0 Å². The van der Waals surface area contributed by atoms with Crippen molar-refractivity contribution in [2.75, 3.05) is 31.6 Å². The molecule has 0 unspecified atom stereocenters. The van der Waals surface area contributed by atoms with Crippen molar-refractivity contribution in [1.82, 2.24) is 4.90 Å². The lowest BCUT2D eigenvalue weighted by Crippen LogP contribution is -2.35. The third-order valence-electron chi connectivity index (χ3n) is 2.60. The molecule has 5 nitrogen and oxygen atoms in total. The van der Waals surface area contributed by atoms with Crippen molar-refractivity contribution >= 4 is 23.2 Å². The van der Waals surface area contributed by atoms with E-state index in [9.17, 15) is 4.79 Å². The molecule has 0 aliphatic heterocycles. The minimum absolute atomic E-state index is 0.0177. The standard InChI is InChI=1S/C13H16ClN3O2/c1-2-17(5-6-18)9-13(19)16-11-4-3-10(8-15)12(14)7-11/h3-4,7,18H,2,5-6,9H2,1H3,(H,16,19). The maximum atomic E-state index is 11.8. The molecule has 0 bridgehead atoms. The van der Waals surface area contributed by atoms with Gasteiger partial charge in [-0.1, -0.05) is 18.5 Å². The van der Waals surface area contributed by atoms with Crippen molar-refractivity contribution in [3.63, 3.8) is 0 Å². The van der Waals surface area contributed by atoms with E-state index in [1.807, 2.05) is 17.9 Å². The van der Waals surface area contributed by atoms with Crippen molar-refractivity contribution in [2.24, 2.45) is 0 Å². The Balaban J connectivity index is 2.62. The number of halogens is 1. The Bertz CT molecular complexity index is 485. The second kappa shape index (κ2) is 7.74. The van der Waals surface area contributed by atoms with Gasteiger partial charge in [0.25, 0.3) is 0 Å². The molecule has 0 atom stereocenters. The van der Waals surface area contributed by atoms with Crippen LogP contribution in [0.25, 0.3) is 0 Å². The van der Waals surface area contributed by atoms with Gasteiger partial charge in [-0.3, -0.25) is 9.69 Å². The van der Waals surface area contributed by atoms with Gasteiger partial charge in [-0.05, 0) is 24.7 Å². The van der Waals surface area contributed by atoms with Gasteiger partial charge >= 0.3 is 0 Å². The van der Waals surface area contributed by atoms with E-state index in [2.05, 4.69) is 5.32 Å². The summed E-state index contributed by atoms with van der Waals surface area (Å²) in [5.41, 5.74) is 0.921. The molecule has 1 aromatic carbocycles. The first-order valence-corrected chi connectivity index (χ1v) is 6.31. The van der Waals surface area contributed by atoms with Crippen LogP contribution >= 0.6 is 11.6 Å². The normalized spacial score (nSPS) is 10.3. The zero-order chi connectivity index (χ0) is 14.3. The number of aliphatic hydroxyl groups excluding tert-OH is 1. The highest BCUT2D eigenvalue weighted by Crippen LogP contribution is 2.20. The minimum atomic E-state index is -0.184. The maximum Gasteiger partial charge on any atom is 0.238 e. The molecular formula is C13H16ClN3O2. The second-order valence-electron chi connectivity index (χ2n) is 3.95. The van der Waals surface area contributed by atoms with E-state index in [0.29, 0.717) is 29.4 Å². The van der Waals surface area contributed by atoms with Gasteiger partial charge in [0.15, 0.2) is 0 Å². The number of amides is 1. The third kappa shape index (κ3) is 4.87. The summed E-state index contributed by atoms with van der Waals surface area (Å²) in [6.45, 7) is 3.28. The molecule has 19 heavy (non-hydrogen) atoms. The van der Waals surface area contributed by atoms with Gasteiger partial charge in [0, 0.05) is 12.2 Å². The van der Waals surface area contributed by atoms with Crippen LogP contribution in [0.5, 0.6) is 0 Å². The van der Waals surface area contributed by atoms with Crippen molar-refractivity contribution in [2.45, 2.75) is 6.92 Å². The molecule has 0 saturated carbocycles. The van der Waals surface area contributed by atoms with E-state index >= 15 is 0 Å². The molecular weight excluding hydrogens is 266 g/mol. The van der Waals surface area contributed by atoms with Crippen LogP contribution in [0.4, 0.5) is 5.69 Å². The van der Waals surface area contributed by atoms with Crippen LogP contribution in [-0.2, 0) is 4.79 Å². The van der Waals surface area contributed by atoms with E-state index < -0.39 is 0 Å². The van der Waals surface area contributed by atoms with Crippen LogP contribution in [0.3, 0.4) is 0 Å². The molecule has 0 aliphatic carbocycles. The molecule has 0 radical (unpaired) electrons. The quantitative estimate of drug-likeness (QED) is 0.828. The SMILES string of the molecule is CCN(CCO)CC(=O)Nc1ccc(C#N)c(Cl)c1. The summed E-state index contributed by atoms with van der Waals surface area (Å²) in [5, 5.41) is 20.6. The van der Waals surface area contributed by atoms with Crippen LogP contribution in [0.1, 0.15) is 12.5 Å². The first-order valence-electron chi connectivity index (χ1n) is 5.93. The lowest BCUT2D eigenvalue weighted by Gasteiger charge is -2.18. The Morgan fingerprint density at radius 1 is 1.58 bits per heavy atom. The fraction of sp³-hybridized carbons (Fsp3) is 0.385. The van der Waals surface area contributed by atoms with Crippen molar-refractivity contribution in [3.8, 4) is 6.07 Å². The molecule has 0 aromatic heterocycles. The summed E-state index contributed by atoms with van der Waals surface area (Å²) in [6.07, 6.45) is 0. The molecule has 1 amide bonds. The topological polar surface area (TPSA) is 76.4 Å². The van der Waals surface area contributed by atoms with Gasteiger partial charge in [0.2, 0.25) is 5.91 Å². The highest BCUT2D eigenvalue weighted by Gasteiger charge is 2.09. The summed E-state index contributed by atoms with van der Waals surface area (Å²) in [7, 11) is 0. The Morgan fingerprint density at radius 2 is 2.32 bits per heavy atom. The van der Waals surface area contributed by atoms with Crippen LogP contribution < -0.4 is 5.32 Å². The Labute approximate surface area is 117 Å². The van der Waals surface area contributed by atoms with E-state index in [-0.39, 0.29) is 19.1 Å². The molecule has 0 saturated heterocycles. The number of anilines is 1. The number of carbonyl (C=O) groups excluding carboxylic acids is 1. The van der Waals surface area contributed by atoms with Gasteiger partial charge in [-0.25, -0.2) is 0 Å². The largest absolute Gasteiger partial charge is 0.395 e. The smallest absolute Gasteiger partial charge is 0.238 e. The number of rotatable bonds is 6. The lowest BCUT2D eigenvalue weighted by molar-refractivity contribution is -0.117. The highest BCUT2D eigenvalue weighted by molar-refractivity contribution is 6.32. The highest BCUT2D eigenvalue weighted by atomic mass is 35.5. The zero-order valence-electron chi connectivity index (χ0n) is 10.7. The first-order chi connectivity index (χ1) is 9.10. The number of hydrogen-bond donors (Lipinski definition) is 2. The van der Waals surface area contributed by atoms with Crippen LogP contribution in [0, 0.1) is 11.3 Å². The fourth-order valence-corrected chi connectivity index (χ4v) is 1.80. The number of nitriles is 1. The van der Waals surface area contributed by atoms with Gasteiger partial charge in [0.1, 0.15) is 6.07 Å². The summed E-state index contributed by atoms with van der Waals surface area (Å²) in [4.78, 5) is 13.6. The average Bonchev–Trinajstić information content (AvgIpc) is 2.38. The van der Waals surface area contributed by atoms with Gasteiger partial charge in [-0.2, -0.15) is 5.26 Å². The number of likely N-dealkylation sites (N-methyl/N-ethyl adjacent to an activating group) is 1. The van der Waals surface area contributed by atoms with Crippen molar-refractivity contribution in [3.05, 3.63) is 28.8 Å². The van der Waals surface area contributed by atoms with Crippen LogP contribution in [0.2, 0.25) is 5.02 Å². The lowest BCUT2D eigenvalue weighted by atomic mass is 10.2. The minimum Gasteiger partial charge on any atom is -0.395 e. The van der Waals surface area contributed by atoms with E-state index in [0.717, 1.165) is 0 Å². The number of carbonyl (C=O) groups is 1.